The summed E-state index contributed by atoms with van der Waals surface area (Å²) in [6, 6.07) is 0. The first-order valence-electron chi connectivity index (χ1n) is 6.79. The molecule has 116 valence electrons. The Bertz CT molecular complexity index is 369. The summed E-state index contributed by atoms with van der Waals surface area (Å²) in [5.41, 5.74) is 0. The molecule has 0 spiro atoms. The summed E-state index contributed by atoms with van der Waals surface area (Å²) in [5, 5.41) is 12.5. The molecule has 0 bridgehead atoms. The van der Waals surface area contributed by atoms with Crippen LogP contribution in [0.15, 0.2) is 11.5 Å². The van der Waals surface area contributed by atoms with Crippen molar-refractivity contribution in [1.82, 2.24) is 0 Å². The highest BCUT2D eigenvalue weighted by Gasteiger charge is 2.48. The minimum Gasteiger partial charge on any atom is -0.387 e. The monoisotopic (exact) mass is 304 g/mol. The van der Waals surface area contributed by atoms with Gasteiger partial charge in [0.2, 0.25) is 0 Å². The van der Waals surface area contributed by atoms with Crippen molar-refractivity contribution in [2.75, 3.05) is 12.9 Å². The van der Waals surface area contributed by atoms with Crippen LogP contribution in [0.25, 0.3) is 0 Å². The van der Waals surface area contributed by atoms with Crippen LogP contribution in [0.1, 0.15) is 27.7 Å². The molecule has 0 aromatic carbocycles. The van der Waals surface area contributed by atoms with E-state index in [0.717, 1.165) is 0 Å². The van der Waals surface area contributed by atoms with Gasteiger partial charge in [-0.1, -0.05) is 0 Å². The van der Waals surface area contributed by atoms with Gasteiger partial charge in [0, 0.05) is 0 Å². The zero-order valence-corrected chi connectivity index (χ0v) is 13.5. The zero-order chi connectivity index (χ0) is 15.0. The summed E-state index contributed by atoms with van der Waals surface area (Å²) >= 11 is 1.58. The van der Waals surface area contributed by atoms with Gasteiger partial charge in [0.25, 0.3) is 0 Å². The van der Waals surface area contributed by atoms with Gasteiger partial charge in [0.05, 0.1) is 6.61 Å². The van der Waals surface area contributed by atoms with Crippen molar-refractivity contribution in [3.8, 4) is 0 Å². The highest BCUT2D eigenvalue weighted by molar-refractivity contribution is 8.01. The molecule has 5 nitrogen and oxygen atoms in total. The Morgan fingerprint density at radius 3 is 2.40 bits per heavy atom. The van der Waals surface area contributed by atoms with E-state index < -0.39 is 29.9 Å². The van der Waals surface area contributed by atoms with Gasteiger partial charge in [-0.3, -0.25) is 0 Å². The van der Waals surface area contributed by atoms with Gasteiger partial charge in [0.1, 0.15) is 24.4 Å². The Balaban J connectivity index is 2.06. The van der Waals surface area contributed by atoms with Gasteiger partial charge in [-0.25, -0.2) is 0 Å². The third-order valence-corrected chi connectivity index (χ3v) is 3.75. The van der Waals surface area contributed by atoms with E-state index >= 15 is 0 Å². The molecule has 0 unspecified atom stereocenters. The van der Waals surface area contributed by atoms with Crippen molar-refractivity contribution in [3.63, 3.8) is 0 Å². The van der Waals surface area contributed by atoms with Gasteiger partial charge in [0.15, 0.2) is 11.6 Å². The molecule has 0 aliphatic carbocycles. The molecule has 4 atom stereocenters. The van der Waals surface area contributed by atoms with Crippen molar-refractivity contribution < 1.29 is 24.1 Å². The highest BCUT2D eigenvalue weighted by atomic mass is 32.2. The molecule has 0 aromatic rings. The number of ether oxygens (including phenoxy) is 4. The van der Waals surface area contributed by atoms with E-state index in [2.05, 4.69) is 0 Å². The molecule has 1 N–H and O–H groups in total. The second kappa shape index (κ2) is 5.94. The maximum absolute atomic E-state index is 10.5. The van der Waals surface area contributed by atoms with E-state index in [4.69, 9.17) is 18.9 Å². The number of aliphatic hydroxyl groups is 1. The predicted octanol–water partition coefficient (Wildman–Crippen LogP) is 1.90. The Labute approximate surface area is 124 Å². The predicted molar refractivity (Wildman–Crippen MR) is 77.4 cm³/mol. The number of hydrogen-bond acceptors (Lipinski definition) is 6. The fraction of sp³-hybridized carbons (Fsp3) is 0.857. The molecule has 20 heavy (non-hydrogen) atoms. The fourth-order valence-electron chi connectivity index (χ4n) is 2.48. The number of hydrogen-bond donors (Lipinski definition) is 1. The van der Waals surface area contributed by atoms with E-state index in [0.29, 0.717) is 6.61 Å². The summed E-state index contributed by atoms with van der Waals surface area (Å²) < 4.78 is 22.9. The lowest BCUT2D eigenvalue weighted by Crippen LogP contribution is -2.44. The summed E-state index contributed by atoms with van der Waals surface area (Å²) in [5.74, 6) is -1.38. The molecule has 0 amide bonds. The van der Waals surface area contributed by atoms with Crippen LogP contribution in [0, 0.1) is 0 Å². The quantitative estimate of drug-likeness (QED) is 0.856. The molecule has 2 aliphatic heterocycles. The average molecular weight is 304 g/mol. The van der Waals surface area contributed by atoms with Crippen molar-refractivity contribution in [2.24, 2.45) is 0 Å². The van der Waals surface area contributed by atoms with E-state index in [-0.39, 0.29) is 6.10 Å². The Kier molecular flexibility index (Phi) is 4.83. The maximum atomic E-state index is 10.5. The molecule has 2 aliphatic rings. The van der Waals surface area contributed by atoms with Gasteiger partial charge in [-0.05, 0) is 45.4 Å². The molecular weight excluding hydrogens is 280 g/mol. The summed E-state index contributed by atoms with van der Waals surface area (Å²) in [6.07, 6.45) is 1.93. The van der Waals surface area contributed by atoms with Gasteiger partial charge in [-0.15, -0.1) is 11.8 Å². The fourth-order valence-corrected chi connectivity index (χ4v) is 2.79. The topological polar surface area (TPSA) is 57.2 Å². The first-order valence-corrected chi connectivity index (χ1v) is 8.08. The molecule has 0 saturated carbocycles. The van der Waals surface area contributed by atoms with Gasteiger partial charge in [-0.2, -0.15) is 0 Å². The number of rotatable bonds is 4. The maximum Gasteiger partial charge on any atom is 0.164 e. The van der Waals surface area contributed by atoms with Crippen molar-refractivity contribution >= 4 is 11.8 Å². The first kappa shape index (κ1) is 16.3. The number of thioether (sulfide) groups is 1. The number of aliphatic hydroxyl groups excluding tert-OH is 1. The minimum absolute atomic E-state index is 0.292. The smallest absolute Gasteiger partial charge is 0.164 e. The third-order valence-electron chi connectivity index (χ3n) is 3.32. The van der Waals surface area contributed by atoms with Crippen molar-refractivity contribution in [1.29, 1.82) is 0 Å². The van der Waals surface area contributed by atoms with Crippen LogP contribution in [0.3, 0.4) is 0 Å². The van der Waals surface area contributed by atoms with Crippen LogP contribution in [0.5, 0.6) is 0 Å². The zero-order valence-electron chi connectivity index (χ0n) is 12.7. The SMILES string of the molecule is CS/C=C/[C@H]1OC(C)(C)O[C@H]1[C@H](O)[C@H]1COC(C)(C)O1. The standard InChI is InChI=1S/C14H24O5S/c1-13(2)16-8-10(18-13)11(15)12-9(6-7-20-5)17-14(3,4)19-12/h6-7,9-12,15H,8H2,1-5H3/b7-6+/t9-,10-,11-,12-/m1/s1. The van der Waals surface area contributed by atoms with Crippen LogP contribution in [0.4, 0.5) is 0 Å². The Hall–Kier alpha value is -0.110. The van der Waals surface area contributed by atoms with E-state index in [1.54, 1.807) is 11.8 Å². The highest BCUT2D eigenvalue weighted by Crippen LogP contribution is 2.34. The summed E-state index contributed by atoms with van der Waals surface area (Å²) in [6.45, 7) is 7.71. The van der Waals surface area contributed by atoms with Crippen LogP contribution in [0.2, 0.25) is 0 Å². The van der Waals surface area contributed by atoms with Crippen molar-refractivity contribution in [3.05, 3.63) is 11.5 Å². The normalized spacial score (nSPS) is 37.6. The average Bonchev–Trinajstić information content (AvgIpc) is 2.85. The lowest BCUT2D eigenvalue weighted by atomic mass is 10.0. The summed E-state index contributed by atoms with van der Waals surface area (Å²) in [7, 11) is 0. The van der Waals surface area contributed by atoms with Crippen LogP contribution >= 0.6 is 11.8 Å². The van der Waals surface area contributed by atoms with E-state index in [1.807, 2.05) is 45.4 Å². The van der Waals surface area contributed by atoms with E-state index in [9.17, 15) is 5.11 Å². The molecule has 6 heteroatoms. The first-order chi connectivity index (χ1) is 9.24. The van der Waals surface area contributed by atoms with Crippen LogP contribution in [-0.2, 0) is 18.9 Å². The van der Waals surface area contributed by atoms with Gasteiger partial charge < -0.3 is 24.1 Å². The lowest BCUT2D eigenvalue weighted by molar-refractivity contribution is -0.178. The second-order valence-corrected chi connectivity index (χ2v) is 6.73. The largest absolute Gasteiger partial charge is 0.387 e. The summed E-state index contributed by atoms with van der Waals surface area (Å²) in [4.78, 5) is 0. The second-order valence-electron chi connectivity index (χ2n) is 5.99. The van der Waals surface area contributed by atoms with Crippen molar-refractivity contribution in [2.45, 2.75) is 63.7 Å². The Morgan fingerprint density at radius 2 is 1.85 bits per heavy atom. The van der Waals surface area contributed by atoms with Crippen LogP contribution < -0.4 is 0 Å². The molecular formula is C14H24O5S. The lowest BCUT2D eigenvalue weighted by Gasteiger charge is -2.26. The molecule has 2 saturated heterocycles. The van der Waals surface area contributed by atoms with Gasteiger partial charge >= 0.3 is 0 Å². The molecule has 0 radical (unpaired) electrons. The molecule has 2 rings (SSSR count). The van der Waals surface area contributed by atoms with E-state index in [1.165, 1.54) is 0 Å². The Morgan fingerprint density at radius 1 is 1.15 bits per heavy atom. The third kappa shape index (κ3) is 3.75. The molecule has 0 aromatic heterocycles. The molecule has 2 heterocycles. The molecule has 2 fully saturated rings. The van der Waals surface area contributed by atoms with Crippen LogP contribution in [-0.4, -0.2) is 54.0 Å². The minimum atomic E-state index is -0.796.